The van der Waals surface area contributed by atoms with Crippen LogP contribution >= 0.6 is 0 Å². The van der Waals surface area contributed by atoms with E-state index in [1.165, 1.54) is 7.11 Å². The Kier molecular flexibility index (Phi) is 13.5. The SMILES string of the molecule is CC[C@@H]1CC(=O)N[C@@H]1COc1ncc(C#CC2CCC(CN3CCC(OCCCc4cccc5c4n(C)c(=O)n5C4CCCNC4=O)CC3)CC2)c2cc(C(N)=O)c(OC)cc12. The molecule has 5 heterocycles. The number of aryl methyl sites for hydroxylation is 2. The molecule has 1 unspecified atom stereocenters. The van der Waals surface area contributed by atoms with Crippen molar-refractivity contribution in [3.05, 3.63) is 63.7 Å². The third-order valence-corrected chi connectivity index (χ3v) is 13.7. The minimum absolute atomic E-state index is 0.0356. The van der Waals surface area contributed by atoms with Crippen LogP contribution in [0.5, 0.6) is 11.6 Å². The lowest BCUT2D eigenvalue weighted by Crippen LogP contribution is -2.41. The van der Waals surface area contributed by atoms with Crippen molar-refractivity contribution in [3.8, 4) is 23.5 Å². The summed E-state index contributed by atoms with van der Waals surface area (Å²) in [5, 5.41) is 7.34. The van der Waals surface area contributed by atoms with E-state index in [0.717, 1.165) is 106 Å². The monoisotopic (exact) mass is 847 g/mol. The third-order valence-electron chi connectivity index (χ3n) is 13.7. The Labute approximate surface area is 363 Å². The number of carbonyl (C=O) groups excluding carboxylic acids is 3. The summed E-state index contributed by atoms with van der Waals surface area (Å²) in [7, 11) is 3.30. The van der Waals surface area contributed by atoms with Crippen molar-refractivity contribution >= 4 is 39.5 Å². The summed E-state index contributed by atoms with van der Waals surface area (Å²) in [4.78, 5) is 57.7. The van der Waals surface area contributed by atoms with Crippen molar-refractivity contribution in [1.82, 2.24) is 29.7 Å². The summed E-state index contributed by atoms with van der Waals surface area (Å²) in [5.74, 6) is 8.15. The second kappa shape index (κ2) is 19.3. The summed E-state index contributed by atoms with van der Waals surface area (Å²) in [5.41, 5.74) is 9.43. The van der Waals surface area contributed by atoms with Gasteiger partial charge >= 0.3 is 5.69 Å². The van der Waals surface area contributed by atoms with Crippen molar-refractivity contribution in [1.29, 1.82) is 0 Å². The molecular formula is C48H61N7O7. The average Bonchev–Trinajstić information content (AvgIpc) is 3.78. The fourth-order valence-electron chi connectivity index (χ4n) is 10.2. The molecule has 3 amide bonds. The molecule has 3 aliphatic heterocycles. The van der Waals surface area contributed by atoms with Gasteiger partial charge in [-0.15, -0.1) is 0 Å². The average molecular weight is 848 g/mol. The number of hydrogen-bond acceptors (Lipinski definition) is 9. The number of nitrogens with zero attached hydrogens (tertiary/aromatic N) is 4. The molecule has 4 fully saturated rings. The van der Waals surface area contributed by atoms with Crippen LogP contribution < -0.4 is 31.5 Å². The topological polar surface area (TPSA) is 172 Å². The first-order valence-electron chi connectivity index (χ1n) is 22.7. The van der Waals surface area contributed by atoms with Gasteiger partial charge in [-0.2, -0.15) is 0 Å². The number of fused-ring (bicyclic) bond motifs is 2. The zero-order chi connectivity index (χ0) is 43.3. The van der Waals surface area contributed by atoms with Crippen LogP contribution in [-0.4, -0.2) is 95.4 Å². The van der Waals surface area contributed by atoms with Gasteiger partial charge in [-0.3, -0.25) is 23.5 Å². The summed E-state index contributed by atoms with van der Waals surface area (Å²) < 4.78 is 21.5. The van der Waals surface area contributed by atoms with E-state index in [9.17, 15) is 19.2 Å². The molecule has 1 aliphatic carbocycles. The first-order valence-corrected chi connectivity index (χ1v) is 22.7. The van der Waals surface area contributed by atoms with Gasteiger partial charge in [-0.25, -0.2) is 9.78 Å². The molecule has 14 heteroatoms. The number of rotatable bonds is 14. The Morgan fingerprint density at radius 2 is 1.84 bits per heavy atom. The number of nitrogens with one attached hydrogen (secondary N) is 2. The van der Waals surface area contributed by atoms with Gasteiger partial charge in [0.25, 0.3) is 5.91 Å². The quantitative estimate of drug-likeness (QED) is 0.117. The highest BCUT2D eigenvalue weighted by Crippen LogP contribution is 2.35. The summed E-state index contributed by atoms with van der Waals surface area (Å²) in [6.07, 6.45) is 13.0. The fourth-order valence-corrected chi connectivity index (χ4v) is 10.2. The van der Waals surface area contributed by atoms with E-state index in [4.69, 9.17) is 19.9 Å². The summed E-state index contributed by atoms with van der Waals surface area (Å²) >= 11 is 0. The number of aromatic nitrogens is 3. The summed E-state index contributed by atoms with van der Waals surface area (Å²) in [6, 6.07) is 8.94. The molecule has 4 N–H and O–H groups in total. The van der Waals surface area contributed by atoms with Gasteiger partial charge in [0.15, 0.2) is 0 Å². The van der Waals surface area contributed by atoms with E-state index in [1.807, 2.05) is 12.1 Å². The fraction of sp³-hybridized carbons (Fsp3) is 0.562. The highest BCUT2D eigenvalue weighted by Gasteiger charge is 2.32. The predicted octanol–water partition coefficient (Wildman–Crippen LogP) is 5.01. The van der Waals surface area contributed by atoms with Crippen LogP contribution in [0, 0.1) is 29.6 Å². The van der Waals surface area contributed by atoms with Crippen molar-refractivity contribution in [3.63, 3.8) is 0 Å². The third kappa shape index (κ3) is 9.34. The molecule has 1 saturated carbocycles. The predicted molar refractivity (Wildman–Crippen MR) is 237 cm³/mol. The lowest BCUT2D eigenvalue weighted by molar-refractivity contribution is -0.125. The number of likely N-dealkylation sites (tertiary alicyclic amines) is 1. The number of benzene rings is 2. The van der Waals surface area contributed by atoms with Crippen LogP contribution in [0.25, 0.3) is 21.8 Å². The normalized spacial score (nSPS) is 23.5. The number of amides is 3. The van der Waals surface area contributed by atoms with E-state index in [-0.39, 0.29) is 53.7 Å². The van der Waals surface area contributed by atoms with Crippen LogP contribution in [0.1, 0.15) is 105 Å². The van der Waals surface area contributed by atoms with E-state index < -0.39 is 11.9 Å². The largest absolute Gasteiger partial charge is 0.496 e. The molecule has 0 spiro atoms. The zero-order valence-corrected chi connectivity index (χ0v) is 36.4. The number of carbonyl (C=O) groups is 3. The van der Waals surface area contributed by atoms with Gasteiger partial charge in [-0.1, -0.05) is 37.3 Å². The Morgan fingerprint density at radius 3 is 2.58 bits per heavy atom. The molecule has 14 nitrogen and oxygen atoms in total. The lowest BCUT2D eigenvalue weighted by atomic mass is 9.81. The van der Waals surface area contributed by atoms with Gasteiger partial charge in [-0.05, 0) is 99.8 Å². The Bertz CT molecular complexity index is 2410. The van der Waals surface area contributed by atoms with E-state index in [2.05, 4.69) is 45.3 Å². The number of nitrogens with two attached hydrogens (primary N) is 1. The van der Waals surface area contributed by atoms with Crippen LogP contribution in [0.2, 0.25) is 0 Å². The highest BCUT2D eigenvalue weighted by molar-refractivity contribution is 6.03. The molecule has 0 bridgehead atoms. The molecule has 4 aromatic rings. The molecule has 3 saturated heterocycles. The second-order valence-corrected chi connectivity index (χ2v) is 17.7. The number of piperidine rings is 2. The van der Waals surface area contributed by atoms with Crippen molar-refractivity contribution < 1.29 is 28.6 Å². The van der Waals surface area contributed by atoms with Gasteiger partial charge < -0.3 is 35.5 Å². The molecule has 62 heavy (non-hydrogen) atoms. The minimum Gasteiger partial charge on any atom is -0.496 e. The molecule has 8 rings (SSSR count). The maximum absolute atomic E-state index is 13.3. The number of imidazole rings is 1. The number of hydrogen-bond donors (Lipinski definition) is 3. The van der Waals surface area contributed by atoms with Crippen molar-refractivity contribution in [2.24, 2.45) is 30.5 Å². The summed E-state index contributed by atoms with van der Waals surface area (Å²) in [6.45, 7) is 6.89. The van der Waals surface area contributed by atoms with Gasteiger partial charge in [0, 0.05) is 69.1 Å². The van der Waals surface area contributed by atoms with Crippen molar-refractivity contribution in [2.45, 2.75) is 102 Å². The first-order chi connectivity index (χ1) is 30.1. The number of para-hydroxylation sites is 1. The Balaban J connectivity index is 0.807. The van der Waals surface area contributed by atoms with Crippen LogP contribution in [0.15, 0.2) is 41.3 Å². The molecule has 3 atom stereocenters. The number of ether oxygens (including phenoxy) is 3. The van der Waals surface area contributed by atoms with Crippen molar-refractivity contribution in [2.75, 3.05) is 46.5 Å². The minimum atomic E-state index is -0.590. The molecule has 4 aliphatic rings. The molecule has 0 radical (unpaired) electrons. The number of primary amides is 1. The maximum Gasteiger partial charge on any atom is 0.329 e. The Hall–Kier alpha value is -5.39. The molecule has 330 valence electrons. The van der Waals surface area contributed by atoms with Gasteiger partial charge in [0.1, 0.15) is 18.4 Å². The molecule has 2 aromatic carbocycles. The molecular weight excluding hydrogens is 787 g/mol. The maximum atomic E-state index is 13.3. The first kappa shape index (κ1) is 43.3. The smallest absolute Gasteiger partial charge is 0.329 e. The van der Waals surface area contributed by atoms with Crippen LogP contribution in [-0.2, 0) is 27.8 Å². The van der Waals surface area contributed by atoms with E-state index in [0.29, 0.717) is 54.5 Å². The van der Waals surface area contributed by atoms with Gasteiger partial charge in [0.05, 0.1) is 41.4 Å². The van der Waals surface area contributed by atoms with E-state index >= 15 is 0 Å². The second-order valence-electron chi connectivity index (χ2n) is 17.7. The highest BCUT2D eigenvalue weighted by atomic mass is 16.5. The van der Waals surface area contributed by atoms with Crippen LogP contribution in [0.4, 0.5) is 0 Å². The number of pyridine rings is 1. The lowest BCUT2D eigenvalue weighted by Gasteiger charge is -2.36. The van der Waals surface area contributed by atoms with Gasteiger partial charge in [0.2, 0.25) is 17.7 Å². The number of methoxy groups -OCH3 is 1. The molecule has 2 aromatic heterocycles. The standard InChI is InChI=1S/C48H61N7O7/c1-4-32-24-43(56)52-39(32)29-62-47-37-26-42(60-3)38(45(49)57)25-36(37)34(27-51-47)17-16-30-12-14-31(15-13-30)28-54-21-18-35(19-22-54)61-23-7-9-33-8-5-10-40-44(33)53(2)48(59)55(40)41-11-6-20-50-46(41)58/h5,8,10,25-27,30-32,35,39,41H,4,6-7,9,11-15,18-24,28-29H2,1-3H3,(H2,49,57)(H,50,58)(H,52,56)/t30?,31?,32-,39-,41?/m1/s1. The Morgan fingerprint density at radius 1 is 1.03 bits per heavy atom. The van der Waals surface area contributed by atoms with Crippen LogP contribution in [0.3, 0.4) is 0 Å². The van der Waals surface area contributed by atoms with E-state index in [1.54, 1.807) is 34.5 Å². The zero-order valence-electron chi connectivity index (χ0n) is 36.4.